The third-order valence-corrected chi connectivity index (χ3v) is 2.41. The van der Waals surface area contributed by atoms with Crippen molar-refractivity contribution in [1.82, 2.24) is 0 Å². The summed E-state index contributed by atoms with van der Waals surface area (Å²) in [5.41, 5.74) is 2.31. The van der Waals surface area contributed by atoms with Crippen LogP contribution in [0.2, 0.25) is 5.02 Å². The van der Waals surface area contributed by atoms with Gasteiger partial charge in [-0.15, -0.1) is 0 Å². The molecule has 0 unspecified atom stereocenters. The lowest BCUT2D eigenvalue weighted by atomic mass is 9.87. The van der Waals surface area contributed by atoms with Gasteiger partial charge in [-0.2, -0.15) is 0 Å². The number of nitrogens with zero attached hydrogens (tertiary/aromatic N) is 1. The van der Waals surface area contributed by atoms with Crippen molar-refractivity contribution in [2.24, 2.45) is 4.99 Å². The van der Waals surface area contributed by atoms with E-state index in [9.17, 15) is 0 Å². The number of hydrogen-bond acceptors (Lipinski definition) is 1. The van der Waals surface area contributed by atoms with Crippen LogP contribution in [-0.2, 0) is 5.41 Å². The van der Waals surface area contributed by atoms with E-state index in [0.29, 0.717) is 0 Å². The molecule has 0 fully saturated rings. The fourth-order valence-electron chi connectivity index (χ4n) is 1.44. The highest BCUT2D eigenvalue weighted by molar-refractivity contribution is 6.30. The molecule has 1 aliphatic heterocycles. The Bertz CT molecular complexity index is 353. The Hall–Kier alpha value is -0.820. The van der Waals surface area contributed by atoms with Crippen LogP contribution in [0.3, 0.4) is 0 Å². The summed E-state index contributed by atoms with van der Waals surface area (Å²) in [4.78, 5) is 4.31. The van der Waals surface area contributed by atoms with Gasteiger partial charge in [0.05, 0.1) is 5.69 Å². The van der Waals surface area contributed by atoms with Crippen molar-refractivity contribution in [1.29, 1.82) is 0 Å². The molecule has 2 heteroatoms. The molecule has 1 aromatic rings. The van der Waals surface area contributed by atoms with Crippen molar-refractivity contribution < 1.29 is 0 Å². The lowest BCUT2D eigenvalue weighted by molar-refractivity contribution is 0.753. The summed E-state index contributed by atoms with van der Waals surface area (Å²) < 4.78 is 0. The summed E-state index contributed by atoms with van der Waals surface area (Å²) in [6, 6.07) is 5.83. The van der Waals surface area contributed by atoms with Crippen LogP contribution in [0.15, 0.2) is 23.2 Å². The lowest BCUT2D eigenvalue weighted by Gasteiger charge is -2.15. The first-order valence-corrected chi connectivity index (χ1v) is 4.33. The zero-order valence-electron chi connectivity index (χ0n) is 7.13. The van der Waals surface area contributed by atoms with Crippen molar-refractivity contribution in [3.63, 3.8) is 0 Å². The average Bonchev–Trinajstić information content (AvgIpc) is 2.28. The van der Waals surface area contributed by atoms with Crippen molar-refractivity contribution >= 4 is 23.5 Å². The van der Waals surface area contributed by atoms with E-state index in [1.165, 1.54) is 5.56 Å². The molecule has 1 heterocycles. The van der Waals surface area contributed by atoms with Crippen LogP contribution in [0.25, 0.3) is 0 Å². The average molecular weight is 180 g/mol. The van der Waals surface area contributed by atoms with Gasteiger partial charge < -0.3 is 0 Å². The molecular weight excluding hydrogens is 170 g/mol. The summed E-state index contributed by atoms with van der Waals surface area (Å²) in [5, 5.41) is 0.785. The fourth-order valence-corrected chi connectivity index (χ4v) is 1.61. The molecule has 0 saturated carbocycles. The Morgan fingerprint density at radius 1 is 1.33 bits per heavy atom. The van der Waals surface area contributed by atoms with E-state index < -0.39 is 0 Å². The van der Waals surface area contributed by atoms with Gasteiger partial charge in [-0.1, -0.05) is 25.4 Å². The molecule has 0 bridgehead atoms. The van der Waals surface area contributed by atoms with E-state index in [4.69, 9.17) is 11.6 Å². The molecular formula is C10H10ClN. The van der Waals surface area contributed by atoms with Gasteiger partial charge in [0.25, 0.3) is 0 Å². The highest BCUT2D eigenvalue weighted by Gasteiger charge is 2.26. The van der Waals surface area contributed by atoms with Crippen LogP contribution in [0.1, 0.15) is 19.4 Å². The highest BCUT2D eigenvalue weighted by atomic mass is 35.5. The van der Waals surface area contributed by atoms with E-state index >= 15 is 0 Å². The summed E-state index contributed by atoms with van der Waals surface area (Å²) in [5.74, 6) is 0. The van der Waals surface area contributed by atoms with E-state index in [2.05, 4.69) is 18.8 Å². The van der Waals surface area contributed by atoms with Crippen LogP contribution in [0.4, 0.5) is 5.69 Å². The molecule has 1 aliphatic rings. The maximum absolute atomic E-state index is 5.90. The summed E-state index contributed by atoms with van der Waals surface area (Å²) >= 11 is 5.90. The second-order valence-corrected chi connectivity index (χ2v) is 4.08. The number of halogens is 1. The normalized spacial score (nSPS) is 17.9. The third-order valence-electron chi connectivity index (χ3n) is 2.18. The minimum Gasteiger partial charge on any atom is -0.260 e. The summed E-state index contributed by atoms with van der Waals surface area (Å²) in [6.45, 7) is 4.28. The summed E-state index contributed by atoms with van der Waals surface area (Å²) in [6.07, 6.45) is 1.97. The first kappa shape index (κ1) is 7.81. The molecule has 12 heavy (non-hydrogen) atoms. The predicted octanol–water partition coefficient (Wildman–Crippen LogP) is 3.33. The first-order valence-electron chi connectivity index (χ1n) is 3.95. The number of aliphatic imine (C=N–C) groups is 1. The van der Waals surface area contributed by atoms with Gasteiger partial charge in [-0.05, 0) is 23.8 Å². The Labute approximate surface area is 77.1 Å². The van der Waals surface area contributed by atoms with Crippen LogP contribution in [0, 0.1) is 0 Å². The molecule has 0 atom stereocenters. The molecule has 1 aromatic carbocycles. The van der Waals surface area contributed by atoms with Crippen molar-refractivity contribution in [3.05, 3.63) is 28.8 Å². The van der Waals surface area contributed by atoms with E-state index in [0.717, 1.165) is 10.7 Å². The van der Waals surface area contributed by atoms with Crippen LogP contribution >= 0.6 is 11.6 Å². The van der Waals surface area contributed by atoms with Crippen LogP contribution < -0.4 is 0 Å². The van der Waals surface area contributed by atoms with Gasteiger partial charge in [0.15, 0.2) is 0 Å². The van der Waals surface area contributed by atoms with Crippen LogP contribution in [-0.4, -0.2) is 6.21 Å². The van der Waals surface area contributed by atoms with Crippen molar-refractivity contribution in [3.8, 4) is 0 Å². The van der Waals surface area contributed by atoms with E-state index in [-0.39, 0.29) is 5.41 Å². The molecule has 2 rings (SSSR count). The molecule has 0 saturated heterocycles. The quantitative estimate of drug-likeness (QED) is 0.579. The standard InChI is InChI=1S/C10H10ClN/c1-10(2)6-12-9-4-3-7(11)5-8(9)10/h3-6H,1-2H3. The minimum absolute atomic E-state index is 0.0419. The molecule has 1 nitrogen and oxygen atoms in total. The second-order valence-electron chi connectivity index (χ2n) is 3.64. The maximum Gasteiger partial charge on any atom is 0.0668 e. The lowest BCUT2D eigenvalue weighted by Crippen LogP contribution is -2.14. The predicted molar refractivity (Wildman–Crippen MR) is 52.6 cm³/mol. The Kier molecular flexibility index (Phi) is 1.52. The number of fused-ring (bicyclic) bond motifs is 1. The van der Waals surface area contributed by atoms with Gasteiger partial charge in [-0.3, -0.25) is 4.99 Å². The number of hydrogen-bond donors (Lipinski definition) is 0. The zero-order chi connectivity index (χ0) is 8.77. The first-order chi connectivity index (χ1) is 5.59. The van der Waals surface area contributed by atoms with Gasteiger partial charge in [0, 0.05) is 16.7 Å². The fraction of sp³-hybridized carbons (Fsp3) is 0.300. The smallest absolute Gasteiger partial charge is 0.0668 e. The molecule has 0 aromatic heterocycles. The largest absolute Gasteiger partial charge is 0.260 e. The van der Waals surface area contributed by atoms with Gasteiger partial charge in [-0.25, -0.2) is 0 Å². The van der Waals surface area contributed by atoms with Gasteiger partial charge in [0.2, 0.25) is 0 Å². The van der Waals surface area contributed by atoms with Gasteiger partial charge in [0.1, 0.15) is 0 Å². The molecule has 0 spiro atoms. The van der Waals surface area contributed by atoms with Crippen molar-refractivity contribution in [2.75, 3.05) is 0 Å². The summed E-state index contributed by atoms with van der Waals surface area (Å²) in [7, 11) is 0. The van der Waals surface area contributed by atoms with Gasteiger partial charge >= 0.3 is 0 Å². The molecule has 0 radical (unpaired) electrons. The topological polar surface area (TPSA) is 12.4 Å². The molecule has 62 valence electrons. The Morgan fingerprint density at radius 3 is 2.83 bits per heavy atom. The highest BCUT2D eigenvalue weighted by Crippen LogP contribution is 2.37. The van der Waals surface area contributed by atoms with Crippen molar-refractivity contribution in [2.45, 2.75) is 19.3 Å². The number of benzene rings is 1. The third kappa shape index (κ3) is 1.05. The second kappa shape index (κ2) is 2.33. The Morgan fingerprint density at radius 2 is 2.08 bits per heavy atom. The van der Waals surface area contributed by atoms with E-state index in [1.54, 1.807) is 0 Å². The van der Waals surface area contributed by atoms with Crippen LogP contribution in [0.5, 0.6) is 0 Å². The van der Waals surface area contributed by atoms with E-state index in [1.807, 2.05) is 24.4 Å². The molecule has 0 aliphatic carbocycles. The molecule has 0 N–H and O–H groups in total. The number of rotatable bonds is 0. The maximum atomic E-state index is 5.90. The Balaban J connectivity index is 2.63. The minimum atomic E-state index is 0.0419. The molecule has 0 amide bonds. The monoisotopic (exact) mass is 179 g/mol. The zero-order valence-corrected chi connectivity index (χ0v) is 7.89. The SMILES string of the molecule is CC1(C)C=Nc2ccc(Cl)cc21.